The predicted octanol–water partition coefficient (Wildman–Crippen LogP) is 4.07. The molecule has 2 rings (SSSR count). The number of nitrogens with zero attached hydrogens (tertiary/aromatic N) is 1. The molecule has 0 aliphatic carbocycles. The molecule has 118 valence electrons. The zero-order chi connectivity index (χ0) is 16.7. The lowest BCUT2D eigenvalue weighted by Gasteiger charge is -2.12. The number of ether oxygens (including phenoxy) is 2. The highest BCUT2D eigenvalue weighted by atomic mass is 16.5. The second-order valence-corrected chi connectivity index (χ2v) is 5.10. The number of hydrogen-bond acceptors (Lipinski definition) is 4. The summed E-state index contributed by atoms with van der Waals surface area (Å²) in [7, 11) is 3.22. The number of aryl methyl sites for hydroxylation is 1. The highest BCUT2D eigenvalue weighted by Gasteiger charge is 2.10. The number of benzene rings is 2. The SMILES string of the molecule is COc1cc(C)c(C/C(C#N)=C\Nc2ccccc2)cc1OC. The Hall–Kier alpha value is -2.93. The molecule has 2 aromatic rings. The van der Waals surface area contributed by atoms with Crippen LogP contribution < -0.4 is 14.8 Å². The van der Waals surface area contributed by atoms with Gasteiger partial charge >= 0.3 is 0 Å². The van der Waals surface area contributed by atoms with Gasteiger partial charge in [-0.15, -0.1) is 0 Å². The summed E-state index contributed by atoms with van der Waals surface area (Å²) in [6.45, 7) is 2.00. The molecule has 4 nitrogen and oxygen atoms in total. The highest BCUT2D eigenvalue weighted by Crippen LogP contribution is 2.31. The number of methoxy groups -OCH3 is 2. The number of nitrogens with one attached hydrogen (secondary N) is 1. The molecular formula is C19H20N2O2. The third-order valence-electron chi connectivity index (χ3n) is 3.55. The van der Waals surface area contributed by atoms with Crippen molar-refractivity contribution in [3.63, 3.8) is 0 Å². The van der Waals surface area contributed by atoms with Crippen LogP contribution in [0, 0.1) is 18.3 Å². The molecule has 0 fully saturated rings. The molecule has 0 aromatic heterocycles. The van der Waals surface area contributed by atoms with Crippen molar-refractivity contribution in [2.24, 2.45) is 0 Å². The van der Waals surface area contributed by atoms with Crippen LogP contribution in [0.25, 0.3) is 0 Å². The summed E-state index contributed by atoms with van der Waals surface area (Å²) in [5.74, 6) is 1.36. The molecule has 0 atom stereocenters. The van der Waals surface area contributed by atoms with Crippen molar-refractivity contribution in [1.29, 1.82) is 5.26 Å². The average molecular weight is 308 g/mol. The van der Waals surface area contributed by atoms with Gasteiger partial charge in [0.25, 0.3) is 0 Å². The molecule has 0 spiro atoms. The Bertz CT molecular complexity index is 731. The monoisotopic (exact) mass is 308 g/mol. The van der Waals surface area contributed by atoms with Gasteiger partial charge in [0.05, 0.1) is 20.3 Å². The lowest BCUT2D eigenvalue weighted by atomic mass is 10.0. The van der Waals surface area contributed by atoms with E-state index in [-0.39, 0.29) is 0 Å². The molecule has 0 saturated carbocycles. The van der Waals surface area contributed by atoms with E-state index < -0.39 is 0 Å². The van der Waals surface area contributed by atoms with Gasteiger partial charge in [0, 0.05) is 23.9 Å². The Balaban J connectivity index is 2.20. The summed E-state index contributed by atoms with van der Waals surface area (Å²) in [6, 6.07) is 15.8. The maximum Gasteiger partial charge on any atom is 0.161 e. The molecular weight excluding hydrogens is 288 g/mol. The fourth-order valence-electron chi connectivity index (χ4n) is 2.25. The van der Waals surface area contributed by atoms with Crippen molar-refractivity contribution in [1.82, 2.24) is 0 Å². The Morgan fingerprint density at radius 1 is 1.13 bits per heavy atom. The first kappa shape index (κ1) is 16.4. The van der Waals surface area contributed by atoms with Crippen molar-refractivity contribution >= 4 is 5.69 Å². The number of rotatable bonds is 6. The van der Waals surface area contributed by atoms with E-state index in [2.05, 4.69) is 11.4 Å². The van der Waals surface area contributed by atoms with Gasteiger partial charge in [-0.05, 0) is 42.3 Å². The van der Waals surface area contributed by atoms with Crippen LogP contribution in [0.4, 0.5) is 5.69 Å². The lowest BCUT2D eigenvalue weighted by Crippen LogP contribution is -1.99. The first-order valence-electron chi connectivity index (χ1n) is 7.30. The zero-order valence-electron chi connectivity index (χ0n) is 13.6. The quantitative estimate of drug-likeness (QED) is 0.817. The fourth-order valence-corrected chi connectivity index (χ4v) is 2.25. The largest absolute Gasteiger partial charge is 0.493 e. The number of nitriles is 1. The van der Waals surface area contributed by atoms with E-state index >= 15 is 0 Å². The Morgan fingerprint density at radius 2 is 1.78 bits per heavy atom. The van der Waals surface area contributed by atoms with Gasteiger partial charge in [0.15, 0.2) is 11.5 Å². The Labute approximate surface area is 137 Å². The molecule has 0 bridgehead atoms. The third-order valence-corrected chi connectivity index (χ3v) is 3.55. The van der Waals surface area contributed by atoms with Gasteiger partial charge in [-0.1, -0.05) is 18.2 Å². The average Bonchev–Trinajstić information content (AvgIpc) is 2.60. The third kappa shape index (κ3) is 4.27. The van der Waals surface area contributed by atoms with Gasteiger partial charge in [0.2, 0.25) is 0 Å². The van der Waals surface area contributed by atoms with E-state index in [9.17, 15) is 5.26 Å². The molecule has 0 saturated heterocycles. The number of hydrogen-bond donors (Lipinski definition) is 1. The zero-order valence-corrected chi connectivity index (χ0v) is 13.6. The smallest absolute Gasteiger partial charge is 0.161 e. The topological polar surface area (TPSA) is 54.3 Å². The molecule has 0 aliphatic rings. The summed E-state index contributed by atoms with van der Waals surface area (Å²) in [5.41, 5.74) is 3.68. The molecule has 4 heteroatoms. The molecule has 0 heterocycles. The number of para-hydroxylation sites is 1. The first-order chi connectivity index (χ1) is 11.2. The van der Waals surface area contributed by atoms with Crippen LogP contribution in [0.15, 0.2) is 54.2 Å². The van der Waals surface area contributed by atoms with Crippen molar-refractivity contribution in [2.45, 2.75) is 13.3 Å². The number of anilines is 1. The Kier molecular flexibility index (Phi) is 5.65. The normalized spacial score (nSPS) is 10.8. The van der Waals surface area contributed by atoms with Crippen LogP contribution >= 0.6 is 0 Å². The molecule has 1 N–H and O–H groups in total. The standard InChI is InChI=1S/C19H20N2O2/c1-14-9-18(22-2)19(23-3)11-16(14)10-15(12-20)13-21-17-7-5-4-6-8-17/h4-9,11,13,21H,10H2,1-3H3/b15-13+. The molecule has 0 amide bonds. The molecule has 0 radical (unpaired) electrons. The van der Waals surface area contributed by atoms with Crippen LogP contribution in [0.2, 0.25) is 0 Å². The minimum absolute atomic E-state index is 0.530. The minimum Gasteiger partial charge on any atom is -0.493 e. The van der Waals surface area contributed by atoms with Crippen molar-refractivity contribution in [3.05, 3.63) is 65.4 Å². The molecule has 23 heavy (non-hydrogen) atoms. The van der Waals surface area contributed by atoms with Crippen LogP contribution in [0.1, 0.15) is 11.1 Å². The van der Waals surface area contributed by atoms with Crippen LogP contribution in [-0.2, 0) is 6.42 Å². The highest BCUT2D eigenvalue weighted by molar-refractivity contribution is 5.50. The summed E-state index contributed by atoms with van der Waals surface area (Å²) in [5, 5.41) is 12.5. The van der Waals surface area contributed by atoms with E-state index in [0.29, 0.717) is 23.5 Å². The summed E-state index contributed by atoms with van der Waals surface area (Å²) < 4.78 is 10.6. The van der Waals surface area contributed by atoms with Crippen LogP contribution in [0.5, 0.6) is 11.5 Å². The fraction of sp³-hybridized carbons (Fsp3) is 0.211. The number of allylic oxidation sites excluding steroid dienone is 1. The van der Waals surface area contributed by atoms with Gasteiger partial charge in [-0.3, -0.25) is 0 Å². The maximum atomic E-state index is 9.37. The van der Waals surface area contributed by atoms with Gasteiger partial charge in [0.1, 0.15) is 0 Å². The van der Waals surface area contributed by atoms with Crippen molar-refractivity contribution in [2.75, 3.05) is 19.5 Å². The van der Waals surface area contributed by atoms with Crippen molar-refractivity contribution < 1.29 is 9.47 Å². The maximum absolute atomic E-state index is 9.37. The molecule has 2 aromatic carbocycles. The second-order valence-electron chi connectivity index (χ2n) is 5.10. The minimum atomic E-state index is 0.530. The molecule has 0 unspecified atom stereocenters. The summed E-state index contributed by atoms with van der Waals surface area (Å²) in [4.78, 5) is 0. The van der Waals surface area contributed by atoms with E-state index in [4.69, 9.17) is 9.47 Å². The Morgan fingerprint density at radius 3 is 2.39 bits per heavy atom. The van der Waals surface area contributed by atoms with E-state index in [0.717, 1.165) is 16.8 Å². The summed E-state index contributed by atoms with van der Waals surface area (Å²) in [6.07, 6.45) is 2.27. The van der Waals surface area contributed by atoms with Gasteiger partial charge in [-0.25, -0.2) is 0 Å². The van der Waals surface area contributed by atoms with Gasteiger partial charge < -0.3 is 14.8 Å². The van der Waals surface area contributed by atoms with Crippen LogP contribution in [-0.4, -0.2) is 14.2 Å². The van der Waals surface area contributed by atoms with E-state index in [1.165, 1.54) is 0 Å². The lowest BCUT2D eigenvalue weighted by molar-refractivity contribution is 0.354. The van der Waals surface area contributed by atoms with Gasteiger partial charge in [-0.2, -0.15) is 5.26 Å². The summed E-state index contributed by atoms with van der Waals surface area (Å²) >= 11 is 0. The van der Waals surface area contributed by atoms with E-state index in [1.54, 1.807) is 20.4 Å². The second kappa shape index (κ2) is 7.90. The first-order valence-corrected chi connectivity index (χ1v) is 7.30. The van der Waals surface area contributed by atoms with E-state index in [1.807, 2.05) is 49.4 Å². The molecule has 0 aliphatic heterocycles. The van der Waals surface area contributed by atoms with Crippen LogP contribution in [0.3, 0.4) is 0 Å². The predicted molar refractivity (Wildman–Crippen MR) is 91.7 cm³/mol. The van der Waals surface area contributed by atoms with Crippen molar-refractivity contribution in [3.8, 4) is 17.6 Å².